The predicted molar refractivity (Wildman–Crippen MR) is 90.3 cm³/mol. The van der Waals surface area contributed by atoms with E-state index in [1.54, 1.807) is 18.2 Å². The van der Waals surface area contributed by atoms with Gasteiger partial charge in [0.25, 0.3) is 5.56 Å². The molecule has 3 atom stereocenters. The van der Waals surface area contributed by atoms with Crippen molar-refractivity contribution in [1.82, 2.24) is 20.3 Å². The molecule has 1 aromatic carbocycles. The second-order valence-electron chi connectivity index (χ2n) is 6.73. The minimum atomic E-state index is -0.202. The summed E-state index contributed by atoms with van der Waals surface area (Å²) in [6.07, 6.45) is 7.24. The second kappa shape index (κ2) is 6.19. The summed E-state index contributed by atoms with van der Waals surface area (Å²) in [7, 11) is 0. The Bertz CT molecular complexity index is 857. The third kappa shape index (κ3) is 2.84. The van der Waals surface area contributed by atoms with Gasteiger partial charge in [0, 0.05) is 13.0 Å². The Labute approximate surface area is 139 Å². The zero-order valence-corrected chi connectivity index (χ0v) is 13.4. The number of aromatic nitrogens is 3. The average molecular weight is 324 g/mol. The predicted octanol–water partition coefficient (Wildman–Crippen LogP) is 1.51. The fourth-order valence-corrected chi connectivity index (χ4v) is 3.84. The maximum absolute atomic E-state index is 12.3. The van der Waals surface area contributed by atoms with Crippen LogP contribution in [0, 0.1) is 17.8 Å². The third-order valence-corrected chi connectivity index (χ3v) is 5.16. The fraction of sp³-hybridized carbons (Fsp3) is 0.444. The maximum atomic E-state index is 12.3. The molecule has 2 aliphatic carbocycles. The maximum Gasteiger partial charge on any atom is 0.277 e. The van der Waals surface area contributed by atoms with Crippen molar-refractivity contribution in [1.29, 1.82) is 0 Å². The van der Waals surface area contributed by atoms with Crippen molar-refractivity contribution in [2.24, 2.45) is 17.8 Å². The molecule has 2 bridgehead atoms. The Morgan fingerprint density at radius 3 is 2.92 bits per heavy atom. The Kier molecular flexibility index (Phi) is 3.88. The lowest BCUT2D eigenvalue weighted by molar-refractivity contribution is -0.121. The lowest BCUT2D eigenvalue weighted by Crippen LogP contribution is -2.33. The van der Waals surface area contributed by atoms with Crippen LogP contribution in [0.4, 0.5) is 0 Å². The molecule has 2 aromatic rings. The van der Waals surface area contributed by atoms with Gasteiger partial charge in [-0.15, -0.1) is 5.10 Å². The van der Waals surface area contributed by atoms with Crippen molar-refractivity contribution in [2.45, 2.75) is 25.8 Å². The Morgan fingerprint density at radius 2 is 2.12 bits per heavy atom. The van der Waals surface area contributed by atoms with Crippen LogP contribution < -0.4 is 10.9 Å². The number of nitrogens with one attached hydrogen (secondary N) is 1. The number of allylic oxidation sites excluding steroid dienone is 2. The van der Waals surface area contributed by atoms with E-state index in [1.807, 2.05) is 6.07 Å². The van der Waals surface area contributed by atoms with Crippen molar-refractivity contribution >= 4 is 16.8 Å². The van der Waals surface area contributed by atoms with Crippen LogP contribution in [0.1, 0.15) is 19.3 Å². The molecule has 1 heterocycles. The highest BCUT2D eigenvalue weighted by Gasteiger charge is 2.35. The molecule has 0 radical (unpaired) electrons. The largest absolute Gasteiger partial charge is 0.356 e. The third-order valence-electron chi connectivity index (χ3n) is 5.16. The van der Waals surface area contributed by atoms with Gasteiger partial charge >= 0.3 is 0 Å². The summed E-state index contributed by atoms with van der Waals surface area (Å²) in [5.74, 6) is 1.86. The molecule has 24 heavy (non-hydrogen) atoms. The Morgan fingerprint density at radius 1 is 1.25 bits per heavy atom. The standard InChI is InChI=1S/C18H20N4O2/c23-17(19-11-14-10-12-5-6-13(14)9-12)7-8-22-18(24)15-3-1-2-4-16(15)20-21-22/h1-6,12-14H,7-11H2,(H,19,23). The van der Waals surface area contributed by atoms with E-state index >= 15 is 0 Å². The first kappa shape index (κ1) is 15.1. The van der Waals surface area contributed by atoms with Gasteiger partial charge in [0.2, 0.25) is 5.91 Å². The summed E-state index contributed by atoms with van der Waals surface area (Å²) in [6.45, 7) is 0.974. The number of carbonyl (C=O) groups excluding carboxylic acids is 1. The minimum absolute atomic E-state index is 0.0383. The SMILES string of the molecule is O=C(CCn1nnc2ccccc2c1=O)NCC1CC2C=CC1C2. The normalized spacial score (nSPS) is 24.6. The Balaban J connectivity index is 1.33. The van der Waals surface area contributed by atoms with Gasteiger partial charge in [-0.05, 0) is 42.7 Å². The number of rotatable bonds is 5. The smallest absolute Gasteiger partial charge is 0.277 e. The molecule has 2 aliphatic rings. The molecule has 6 heteroatoms. The topological polar surface area (TPSA) is 76.9 Å². The zero-order valence-electron chi connectivity index (χ0n) is 13.4. The Hall–Kier alpha value is -2.50. The lowest BCUT2D eigenvalue weighted by Gasteiger charge is -2.18. The van der Waals surface area contributed by atoms with Crippen LogP contribution >= 0.6 is 0 Å². The molecular formula is C18H20N4O2. The number of amides is 1. The fourth-order valence-electron chi connectivity index (χ4n) is 3.84. The molecule has 1 amide bonds. The van der Waals surface area contributed by atoms with Crippen molar-refractivity contribution in [3.63, 3.8) is 0 Å². The summed E-state index contributed by atoms with van der Waals surface area (Å²) in [5.41, 5.74) is 0.374. The molecule has 1 aromatic heterocycles. The van der Waals surface area contributed by atoms with Gasteiger partial charge in [-0.2, -0.15) is 0 Å². The van der Waals surface area contributed by atoms with Gasteiger partial charge < -0.3 is 5.32 Å². The van der Waals surface area contributed by atoms with Crippen molar-refractivity contribution in [3.8, 4) is 0 Å². The molecule has 1 fully saturated rings. The van der Waals surface area contributed by atoms with Crippen molar-refractivity contribution in [3.05, 3.63) is 46.8 Å². The van der Waals surface area contributed by atoms with E-state index in [1.165, 1.54) is 17.5 Å². The van der Waals surface area contributed by atoms with Crippen LogP contribution in [0.3, 0.4) is 0 Å². The molecule has 0 saturated heterocycles. The van der Waals surface area contributed by atoms with Crippen LogP contribution in [0.25, 0.3) is 10.9 Å². The number of benzene rings is 1. The molecule has 0 spiro atoms. The molecule has 4 rings (SSSR count). The monoisotopic (exact) mass is 324 g/mol. The highest BCUT2D eigenvalue weighted by atomic mass is 16.2. The highest BCUT2D eigenvalue weighted by molar-refractivity contribution is 5.77. The number of aryl methyl sites for hydroxylation is 1. The molecule has 1 N–H and O–H groups in total. The average Bonchev–Trinajstić information content (AvgIpc) is 3.22. The summed E-state index contributed by atoms with van der Waals surface area (Å²) >= 11 is 0. The summed E-state index contributed by atoms with van der Waals surface area (Å²) in [6, 6.07) is 7.10. The molecule has 6 nitrogen and oxygen atoms in total. The number of fused-ring (bicyclic) bond motifs is 3. The van der Waals surface area contributed by atoms with E-state index in [4.69, 9.17) is 0 Å². The molecule has 1 saturated carbocycles. The van der Waals surface area contributed by atoms with Gasteiger partial charge in [0.1, 0.15) is 5.52 Å². The van der Waals surface area contributed by atoms with E-state index in [0.29, 0.717) is 28.7 Å². The van der Waals surface area contributed by atoms with Gasteiger partial charge in [0.15, 0.2) is 0 Å². The highest BCUT2D eigenvalue weighted by Crippen LogP contribution is 2.42. The quantitative estimate of drug-likeness (QED) is 0.846. The number of carbonyl (C=O) groups is 1. The number of nitrogens with zero attached hydrogens (tertiary/aromatic N) is 3. The van der Waals surface area contributed by atoms with Gasteiger partial charge in [-0.3, -0.25) is 9.59 Å². The van der Waals surface area contributed by atoms with E-state index in [2.05, 4.69) is 27.8 Å². The van der Waals surface area contributed by atoms with Crippen LogP contribution in [0.2, 0.25) is 0 Å². The summed E-state index contributed by atoms with van der Waals surface area (Å²) in [5, 5.41) is 11.5. The van der Waals surface area contributed by atoms with Gasteiger partial charge in [-0.25, -0.2) is 4.68 Å². The van der Waals surface area contributed by atoms with Crippen molar-refractivity contribution < 1.29 is 4.79 Å². The number of hydrogen-bond donors (Lipinski definition) is 1. The van der Waals surface area contributed by atoms with Crippen LogP contribution in [0.15, 0.2) is 41.2 Å². The second-order valence-corrected chi connectivity index (χ2v) is 6.73. The summed E-state index contributed by atoms with van der Waals surface area (Å²) < 4.78 is 1.27. The lowest BCUT2D eigenvalue weighted by atomic mass is 9.93. The van der Waals surface area contributed by atoms with Crippen LogP contribution in [0.5, 0.6) is 0 Å². The van der Waals surface area contributed by atoms with E-state index in [-0.39, 0.29) is 24.4 Å². The molecule has 124 valence electrons. The first-order valence-electron chi connectivity index (χ1n) is 8.48. The van der Waals surface area contributed by atoms with Gasteiger partial charge in [-0.1, -0.05) is 29.5 Å². The van der Waals surface area contributed by atoms with Crippen LogP contribution in [-0.4, -0.2) is 27.4 Å². The number of hydrogen-bond acceptors (Lipinski definition) is 4. The summed E-state index contributed by atoms with van der Waals surface area (Å²) in [4.78, 5) is 24.4. The van der Waals surface area contributed by atoms with E-state index in [0.717, 1.165) is 6.54 Å². The van der Waals surface area contributed by atoms with Crippen molar-refractivity contribution in [2.75, 3.05) is 6.54 Å². The zero-order chi connectivity index (χ0) is 16.5. The minimum Gasteiger partial charge on any atom is -0.356 e. The molecule has 3 unspecified atom stereocenters. The molecule has 0 aliphatic heterocycles. The molecular weight excluding hydrogens is 304 g/mol. The first-order chi connectivity index (χ1) is 11.7. The van der Waals surface area contributed by atoms with E-state index in [9.17, 15) is 9.59 Å². The van der Waals surface area contributed by atoms with Gasteiger partial charge in [0.05, 0.1) is 11.9 Å². The van der Waals surface area contributed by atoms with E-state index < -0.39 is 0 Å². The first-order valence-corrected chi connectivity index (χ1v) is 8.48. The van der Waals surface area contributed by atoms with Crippen LogP contribution in [-0.2, 0) is 11.3 Å².